The molecule has 1 aromatic carbocycles. The van der Waals surface area contributed by atoms with Gasteiger partial charge in [0.15, 0.2) is 17.3 Å². The number of carbonyl (C=O) groups is 1. The number of amides is 1. The van der Waals surface area contributed by atoms with Crippen LogP contribution in [0.25, 0.3) is 11.4 Å². The van der Waals surface area contributed by atoms with Gasteiger partial charge >= 0.3 is 12.3 Å². The van der Waals surface area contributed by atoms with Crippen LogP contribution < -0.4 is 10.1 Å². The van der Waals surface area contributed by atoms with Gasteiger partial charge in [-0.05, 0) is 30.7 Å². The van der Waals surface area contributed by atoms with Gasteiger partial charge in [-0.25, -0.2) is 14.5 Å². The first-order chi connectivity index (χ1) is 13.3. The summed E-state index contributed by atoms with van der Waals surface area (Å²) in [4.78, 5) is 16.0. The third kappa shape index (κ3) is 4.03. The van der Waals surface area contributed by atoms with Crippen LogP contribution in [0.1, 0.15) is 18.2 Å². The smallest absolute Gasteiger partial charge is 0.406 e. The Morgan fingerprint density at radius 2 is 1.89 bits per heavy atom. The molecule has 3 aromatic rings. The minimum Gasteiger partial charge on any atom is -0.406 e. The van der Waals surface area contributed by atoms with Crippen molar-refractivity contribution in [3.8, 4) is 11.6 Å². The van der Waals surface area contributed by atoms with Crippen LogP contribution in [0, 0.1) is 0 Å². The third-order valence-corrected chi connectivity index (χ3v) is 3.70. The van der Waals surface area contributed by atoms with E-state index in [1.165, 1.54) is 18.3 Å². The lowest BCUT2D eigenvalue weighted by Gasteiger charge is -2.13. The van der Waals surface area contributed by atoms with Gasteiger partial charge in [0, 0.05) is 11.8 Å². The van der Waals surface area contributed by atoms with Crippen molar-refractivity contribution < 1.29 is 22.7 Å². The Labute approximate surface area is 158 Å². The molecule has 0 saturated carbocycles. The Balaban J connectivity index is 1.90. The number of benzene rings is 1. The van der Waals surface area contributed by atoms with E-state index in [0.717, 1.165) is 6.20 Å². The lowest BCUT2D eigenvalue weighted by molar-refractivity contribution is -0.143. The summed E-state index contributed by atoms with van der Waals surface area (Å²) in [6, 6.07) is 11.2. The van der Waals surface area contributed by atoms with E-state index < -0.39 is 23.7 Å². The van der Waals surface area contributed by atoms with Crippen molar-refractivity contribution in [3.63, 3.8) is 0 Å². The van der Waals surface area contributed by atoms with Crippen molar-refractivity contribution in [2.45, 2.75) is 13.1 Å². The van der Waals surface area contributed by atoms with Gasteiger partial charge in [-0.1, -0.05) is 30.8 Å². The van der Waals surface area contributed by atoms with Gasteiger partial charge in [0.25, 0.3) is 0 Å². The molecular weight excluding hydrogens is 373 g/mol. The number of pyridine rings is 1. The molecule has 0 bridgehead atoms. The van der Waals surface area contributed by atoms with Crippen LogP contribution in [-0.2, 0) is 6.18 Å². The number of nitrogens with one attached hydrogen (secondary N) is 1. The van der Waals surface area contributed by atoms with Crippen molar-refractivity contribution in [3.05, 3.63) is 72.7 Å². The molecule has 2 aromatic heterocycles. The van der Waals surface area contributed by atoms with Crippen LogP contribution in [0.4, 0.5) is 23.7 Å². The summed E-state index contributed by atoms with van der Waals surface area (Å²) in [6.45, 7) is 5.54. The van der Waals surface area contributed by atoms with Gasteiger partial charge in [-0.3, -0.25) is 5.32 Å². The van der Waals surface area contributed by atoms with E-state index in [2.05, 4.69) is 22.0 Å². The molecule has 0 fully saturated rings. The quantitative estimate of drug-likeness (QED) is 0.688. The number of ether oxygens (including phenoxy) is 1. The number of rotatable bonds is 4. The van der Waals surface area contributed by atoms with E-state index in [1.54, 1.807) is 37.3 Å². The fraction of sp³-hybridized carbons (Fsp3) is 0.105. The zero-order valence-corrected chi connectivity index (χ0v) is 14.7. The van der Waals surface area contributed by atoms with Crippen LogP contribution in [0.15, 0.2) is 61.4 Å². The number of allylic oxidation sites excluding steroid dienone is 1. The van der Waals surface area contributed by atoms with Crippen molar-refractivity contribution in [2.75, 3.05) is 5.32 Å². The maximum absolute atomic E-state index is 13.6. The SMILES string of the molecule is C=C(C)c1ccccc1NC(=O)Oc1cnn(-c2ccccn2)c1C(F)(F)F. The molecule has 1 N–H and O–H groups in total. The first-order valence-electron chi connectivity index (χ1n) is 8.07. The molecular formula is C19H15F3N4O2. The molecule has 0 aliphatic rings. The molecule has 0 saturated heterocycles. The Morgan fingerprint density at radius 3 is 2.54 bits per heavy atom. The highest BCUT2D eigenvalue weighted by atomic mass is 19.4. The van der Waals surface area contributed by atoms with Crippen molar-refractivity contribution in [1.29, 1.82) is 0 Å². The number of nitrogens with zero attached hydrogens (tertiary/aromatic N) is 3. The highest BCUT2D eigenvalue weighted by Gasteiger charge is 2.40. The lowest BCUT2D eigenvalue weighted by atomic mass is 10.1. The van der Waals surface area contributed by atoms with Gasteiger partial charge in [-0.15, -0.1) is 0 Å². The summed E-state index contributed by atoms with van der Waals surface area (Å²) in [5.74, 6) is -0.791. The number of anilines is 1. The summed E-state index contributed by atoms with van der Waals surface area (Å²) in [6.07, 6.45) is -3.75. The number of alkyl halides is 3. The molecule has 28 heavy (non-hydrogen) atoms. The Morgan fingerprint density at radius 1 is 1.18 bits per heavy atom. The second-order valence-electron chi connectivity index (χ2n) is 5.80. The molecule has 0 atom stereocenters. The highest BCUT2D eigenvalue weighted by molar-refractivity contribution is 5.90. The first-order valence-corrected chi connectivity index (χ1v) is 8.07. The van der Waals surface area contributed by atoms with E-state index in [-0.39, 0.29) is 5.82 Å². The second kappa shape index (κ2) is 7.55. The van der Waals surface area contributed by atoms with Crippen LogP contribution in [-0.4, -0.2) is 20.9 Å². The highest BCUT2D eigenvalue weighted by Crippen LogP contribution is 2.37. The zero-order chi connectivity index (χ0) is 20.3. The maximum atomic E-state index is 13.6. The molecule has 0 spiro atoms. The Kier molecular flexibility index (Phi) is 5.16. The fourth-order valence-electron chi connectivity index (χ4n) is 2.52. The molecule has 144 valence electrons. The lowest BCUT2D eigenvalue weighted by Crippen LogP contribution is -2.21. The van der Waals surface area contributed by atoms with E-state index in [4.69, 9.17) is 4.74 Å². The fourth-order valence-corrected chi connectivity index (χ4v) is 2.52. The Hall–Kier alpha value is -3.62. The average molecular weight is 388 g/mol. The monoisotopic (exact) mass is 388 g/mol. The van der Waals surface area contributed by atoms with Crippen LogP contribution >= 0.6 is 0 Å². The van der Waals surface area contributed by atoms with Gasteiger partial charge in [0.05, 0.1) is 11.9 Å². The van der Waals surface area contributed by atoms with Gasteiger partial charge in [0.1, 0.15) is 0 Å². The molecule has 0 unspecified atom stereocenters. The molecule has 3 rings (SSSR count). The maximum Gasteiger partial charge on any atom is 0.437 e. The van der Waals surface area contributed by atoms with E-state index >= 15 is 0 Å². The van der Waals surface area contributed by atoms with Crippen LogP contribution in [0.3, 0.4) is 0 Å². The third-order valence-electron chi connectivity index (χ3n) is 3.70. The molecule has 1 amide bonds. The molecule has 0 aliphatic heterocycles. The summed E-state index contributed by atoms with van der Waals surface area (Å²) in [5, 5.41) is 6.10. The van der Waals surface area contributed by atoms with E-state index in [9.17, 15) is 18.0 Å². The second-order valence-corrected chi connectivity index (χ2v) is 5.80. The Bertz CT molecular complexity index is 1010. The van der Waals surface area contributed by atoms with E-state index in [0.29, 0.717) is 21.5 Å². The number of hydrogen-bond acceptors (Lipinski definition) is 4. The van der Waals surface area contributed by atoms with Crippen molar-refractivity contribution in [2.24, 2.45) is 0 Å². The summed E-state index contributed by atoms with van der Waals surface area (Å²) in [5.41, 5.74) is 0.440. The van der Waals surface area contributed by atoms with Gasteiger partial charge in [-0.2, -0.15) is 18.3 Å². The number of aromatic nitrogens is 3. The number of halogens is 3. The summed E-state index contributed by atoms with van der Waals surface area (Å²) < 4.78 is 46.2. The predicted molar refractivity (Wildman–Crippen MR) is 97.2 cm³/mol. The molecule has 9 heteroatoms. The van der Waals surface area contributed by atoms with Crippen molar-refractivity contribution in [1.82, 2.24) is 14.8 Å². The molecule has 0 aliphatic carbocycles. The summed E-state index contributed by atoms with van der Waals surface area (Å²) in [7, 11) is 0. The van der Waals surface area contributed by atoms with Crippen molar-refractivity contribution >= 4 is 17.4 Å². The van der Waals surface area contributed by atoms with Gasteiger partial charge < -0.3 is 4.74 Å². The average Bonchev–Trinajstić information content (AvgIpc) is 3.06. The first kappa shape index (κ1) is 19.2. The molecule has 0 radical (unpaired) electrons. The topological polar surface area (TPSA) is 69.0 Å². The number of hydrogen-bond donors (Lipinski definition) is 1. The largest absolute Gasteiger partial charge is 0.437 e. The predicted octanol–water partition coefficient (Wildman–Crippen LogP) is 4.93. The molecule has 6 nitrogen and oxygen atoms in total. The normalized spacial score (nSPS) is 11.1. The molecule has 2 heterocycles. The van der Waals surface area contributed by atoms with Crippen LogP contribution in [0.5, 0.6) is 5.75 Å². The number of para-hydroxylation sites is 1. The minimum absolute atomic E-state index is 0.0577. The zero-order valence-electron chi connectivity index (χ0n) is 14.7. The summed E-state index contributed by atoms with van der Waals surface area (Å²) >= 11 is 0. The standard InChI is InChI=1S/C19H15F3N4O2/c1-12(2)13-7-3-4-8-14(13)25-18(27)28-15-11-24-26(17(15)19(20,21)22)16-9-5-6-10-23-16/h3-11H,1H2,2H3,(H,25,27). The van der Waals surface area contributed by atoms with Crippen LogP contribution in [0.2, 0.25) is 0 Å². The number of carbonyl (C=O) groups excluding carboxylic acids is 1. The van der Waals surface area contributed by atoms with E-state index in [1.807, 2.05) is 0 Å². The van der Waals surface area contributed by atoms with Gasteiger partial charge in [0.2, 0.25) is 0 Å². The minimum atomic E-state index is -4.82.